The summed E-state index contributed by atoms with van der Waals surface area (Å²) in [5, 5.41) is 3.20. The summed E-state index contributed by atoms with van der Waals surface area (Å²) in [6.07, 6.45) is 2.06. The second-order valence-corrected chi connectivity index (χ2v) is 3.87. The second-order valence-electron chi connectivity index (χ2n) is 3.87. The van der Waals surface area contributed by atoms with Gasteiger partial charge in [-0.25, -0.2) is 9.98 Å². The second kappa shape index (κ2) is 4.75. The van der Waals surface area contributed by atoms with Crippen molar-refractivity contribution in [3.63, 3.8) is 0 Å². The molecule has 1 heterocycles. The van der Waals surface area contributed by atoms with Gasteiger partial charge in [0.05, 0.1) is 6.54 Å². The molecule has 0 saturated heterocycles. The zero-order valence-corrected chi connectivity index (χ0v) is 9.57. The molecule has 0 aromatic heterocycles. The molecule has 0 fully saturated rings. The summed E-state index contributed by atoms with van der Waals surface area (Å²) < 4.78 is 0. The minimum atomic E-state index is 0.678. The number of benzene rings is 1. The molecule has 3 nitrogen and oxygen atoms in total. The molecule has 0 amide bonds. The van der Waals surface area contributed by atoms with Crippen molar-refractivity contribution in [2.24, 2.45) is 9.98 Å². The summed E-state index contributed by atoms with van der Waals surface area (Å²) >= 11 is 0. The number of para-hydroxylation sites is 1. The molecule has 0 saturated carbocycles. The van der Waals surface area contributed by atoms with E-state index in [4.69, 9.17) is 0 Å². The molecule has 0 atom stereocenters. The van der Waals surface area contributed by atoms with Crippen LogP contribution in [0.2, 0.25) is 0 Å². The van der Waals surface area contributed by atoms with Crippen LogP contribution in [0, 0.1) is 0 Å². The summed E-state index contributed by atoms with van der Waals surface area (Å²) in [5.74, 6) is 0.678. The number of guanidine groups is 1. The van der Waals surface area contributed by atoms with Gasteiger partial charge in [-0.15, -0.1) is 0 Å². The number of hydrogen-bond acceptors (Lipinski definition) is 3. The lowest BCUT2D eigenvalue weighted by Crippen LogP contribution is -2.10. The van der Waals surface area contributed by atoms with E-state index in [1.165, 1.54) is 5.57 Å². The fourth-order valence-electron chi connectivity index (χ4n) is 1.55. The molecule has 1 N–H and O–H groups in total. The maximum Gasteiger partial charge on any atom is 0.223 e. The van der Waals surface area contributed by atoms with E-state index in [0.29, 0.717) is 12.5 Å². The fraction of sp³-hybridized carbons (Fsp3) is 0.231. The third-order valence-corrected chi connectivity index (χ3v) is 2.25. The zero-order valence-electron chi connectivity index (χ0n) is 9.57. The standard InChI is InChI=1S/C13H15N3/c1-10-8-11(2)15-13(14-9-10)16-12-6-4-3-5-7-12/h3-8H,9H2,1-2H3,(H,14,16). The molecule has 2 rings (SSSR count). The van der Waals surface area contributed by atoms with Crippen LogP contribution in [0.5, 0.6) is 0 Å². The van der Waals surface area contributed by atoms with Gasteiger partial charge in [-0.1, -0.05) is 23.8 Å². The van der Waals surface area contributed by atoms with Gasteiger partial charge in [0.1, 0.15) is 0 Å². The summed E-state index contributed by atoms with van der Waals surface area (Å²) in [5.41, 5.74) is 3.22. The number of hydrogen-bond donors (Lipinski definition) is 1. The Balaban J connectivity index is 2.15. The Morgan fingerprint density at radius 1 is 1.12 bits per heavy atom. The molecular weight excluding hydrogens is 198 g/mol. The Bertz CT molecular complexity index is 455. The van der Waals surface area contributed by atoms with Gasteiger partial charge in [-0.2, -0.15) is 0 Å². The predicted molar refractivity (Wildman–Crippen MR) is 69.2 cm³/mol. The molecule has 3 heteroatoms. The van der Waals surface area contributed by atoms with Crippen LogP contribution in [0.3, 0.4) is 0 Å². The largest absolute Gasteiger partial charge is 0.324 e. The van der Waals surface area contributed by atoms with E-state index in [2.05, 4.69) is 28.3 Å². The van der Waals surface area contributed by atoms with E-state index in [9.17, 15) is 0 Å². The first kappa shape index (κ1) is 10.6. The van der Waals surface area contributed by atoms with Crippen molar-refractivity contribution in [1.82, 2.24) is 0 Å². The molecule has 0 spiro atoms. The summed E-state index contributed by atoms with van der Waals surface area (Å²) in [7, 11) is 0. The van der Waals surface area contributed by atoms with Crippen LogP contribution >= 0.6 is 0 Å². The van der Waals surface area contributed by atoms with Crippen molar-refractivity contribution in [3.8, 4) is 0 Å². The highest BCUT2D eigenvalue weighted by Crippen LogP contribution is 2.08. The van der Waals surface area contributed by atoms with Gasteiger partial charge in [0.15, 0.2) is 0 Å². The van der Waals surface area contributed by atoms with Crippen LogP contribution in [0.4, 0.5) is 5.69 Å². The molecule has 0 unspecified atom stereocenters. The van der Waals surface area contributed by atoms with Gasteiger partial charge in [-0.3, -0.25) is 0 Å². The summed E-state index contributed by atoms with van der Waals surface area (Å²) in [4.78, 5) is 8.80. The fourth-order valence-corrected chi connectivity index (χ4v) is 1.55. The smallest absolute Gasteiger partial charge is 0.223 e. The molecule has 0 aliphatic carbocycles. The molecule has 1 aromatic carbocycles. The quantitative estimate of drug-likeness (QED) is 0.765. The average Bonchev–Trinajstić information content (AvgIpc) is 2.41. The van der Waals surface area contributed by atoms with Crippen molar-refractivity contribution in [2.75, 3.05) is 11.9 Å². The van der Waals surface area contributed by atoms with Gasteiger partial charge in [-0.05, 0) is 32.1 Å². The van der Waals surface area contributed by atoms with Crippen LogP contribution in [0.15, 0.2) is 52.0 Å². The van der Waals surface area contributed by atoms with E-state index in [0.717, 1.165) is 11.4 Å². The maximum absolute atomic E-state index is 4.40. The third-order valence-electron chi connectivity index (χ3n) is 2.25. The molecule has 1 aliphatic rings. The first-order chi connectivity index (χ1) is 7.74. The maximum atomic E-state index is 4.40. The Labute approximate surface area is 95.6 Å². The lowest BCUT2D eigenvalue weighted by Gasteiger charge is -2.04. The SMILES string of the molecule is CC1=CC(C)=NC(Nc2ccccc2)=NC1. The van der Waals surface area contributed by atoms with Crippen LogP contribution < -0.4 is 5.32 Å². The van der Waals surface area contributed by atoms with E-state index < -0.39 is 0 Å². The van der Waals surface area contributed by atoms with Gasteiger partial charge < -0.3 is 5.32 Å². The molecule has 1 aliphatic heterocycles. The number of aliphatic imine (C=N–C) groups is 2. The topological polar surface area (TPSA) is 36.8 Å². The number of anilines is 1. The normalized spacial score (nSPS) is 15.8. The van der Waals surface area contributed by atoms with E-state index in [1.807, 2.05) is 37.3 Å². The first-order valence-electron chi connectivity index (χ1n) is 5.33. The van der Waals surface area contributed by atoms with Crippen molar-refractivity contribution in [2.45, 2.75) is 13.8 Å². The monoisotopic (exact) mass is 213 g/mol. The number of allylic oxidation sites excluding steroid dienone is 1. The van der Waals surface area contributed by atoms with E-state index >= 15 is 0 Å². The summed E-state index contributed by atoms with van der Waals surface area (Å²) in [6, 6.07) is 9.96. The van der Waals surface area contributed by atoms with E-state index in [1.54, 1.807) is 0 Å². The van der Waals surface area contributed by atoms with Crippen LogP contribution in [-0.4, -0.2) is 18.2 Å². The van der Waals surface area contributed by atoms with Gasteiger partial charge in [0, 0.05) is 11.4 Å². The van der Waals surface area contributed by atoms with Crippen LogP contribution in [-0.2, 0) is 0 Å². The highest BCUT2D eigenvalue weighted by Gasteiger charge is 2.02. The Morgan fingerprint density at radius 2 is 1.88 bits per heavy atom. The molecule has 16 heavy (non-hydrogen) atoms. The van der Waals surface area contributed by atoms with Crippen molar-refractivity contribution in [1.29, 1.82) is 0 Å². The molecule has 0 radical (unpaired) electrons. The Morgan fingerprint density at radius 3 is 2.62 bits per heavy atom. The Hall–Kier alpha value is -1.90. The number of nitrogens with zero attached hydrogens (tertiary/aromatic N) is 2. The first-order valence-corrected chi connectivity index (χ1v) is 5.33. The van der Waals surface area contributed by atoms with Gasteiger partial charge in [0.25, 0.3) is 0 Å². The number of nitrogens with one attached hydrogen (secondary N) is 1. The van der Waals surface area contributed by atoms with Gasteiger partial charge in [0.2, 0.25) is 5.96 Å². The molecular formula is C13H15N3. The minimum absolute atomic E-state index is 0.678. The third kappa shape index (κ3) is 2.79. The van der Waals surface area contributed by atoms with Crippen molar-refractivity contribution < 1.29 is 0 Å². The summed E-state index contributed by atoms with van der Waals surface area (Å²) in [6.45, 7) is 4.75. The minimum Gasteiger partial charge on any atom is -0.324 e. The highest BCUT2D eigenvalue weighted by atomic mass is 15.1. The molecule has 1 aromatic rings. The lowest BCUT2D eigenvalue weighted by atomic mass is 10.2. The van der Waals surface area contributed by atoms with E-state index in [-0.39, 0.29) is 0 Å². The van der Waals surface area contributed by atoms with Crippen molar-refractivity contribution >= 4 is 17.4 Å². The molecule has 0 bridgehead atoms. The average molecular weight is 213 g/mol. The predicted octanol–water partition coefficient (Wildman–Crippen LogP) is 2.88. The van der Waals surface area contributed by atoms with Gasteiger partial charge >= 0.3 is 0 Å². The highest BCUT2D eigenvalue weighted by molar-refractivity contribution is 6.07. The van der Waals surface area contributed by atoms with Crippen LogP contribution in [0.25, 0.3) is 0 Å². The Kier molecular flexibility index (Phi) is 3.15. The molecule has 82 valence electrons. The number of rotatable bonds is 1. The lowest BCUT2D eigenvalue weighted by molar-refractivity contribution is 1.13. The van der Waals surface area contributed by atoms with Crippen LogP contribution in [0.1, 0.15) is 13.8 Å². The van der Waals surface area contributed by atoms with Crippen molar-refractivity contribution in [3.05, 3.63) is 42.0 Å². The zero-order chi connectivity index (χ0) is 11.4.